The summed E-state index contributed by atoms with van der Waals surface area (Å²) >= 11 is 6.69. The van der Waals surface area contributed by atoms with Crippen molar-refractivity contribution < 1.29 is 23.1 Å². The molecule has 0 atom stereocenters. The van der Waals surface area contributed by atoms with Crippen molar-refractivity contribution in [3.63, 3.8) is 0 Å². The summed E-state index contributed by atoms with van der Waals surface area (Å²) in [5.74, 6) is -1.65. The Morgan fingerprint density at radius 3 is 2.50 bits per heavy atom. The number of carbonyl (C=O) groups is 2. The van der Waals surface area contributed by atoms with Gasteiger partial charge in [-0.3, -0.25) is 9.59 Å². The summed E-state index contributed by atoms with van der Waals surface area (Å²) in [4.78, 5) is 21.5. The molecule has 1 rings (SSSR count). The molecule has 1 aromatic carbocycles. The highest BCUT2D eigenvalue weighted by molar-refractivity contribution is 8.00. The van der Waals surface area contributed by atoms with Gasteiger partial charge in [-0.15, -0.1) is 11.8 Å². The number of carboxylic acid groups (broad SMARTS) is 1. The van der Waals surface area contributed by atoms with Crippen LogP contribution < -0.4 is 10.5 Å². The third-order valence-corrected chi connectivity index (χ3v) is 4.29. The zero-order chi connectivity index (χ0) is 15.3. The Balaban J connectivity index is 2.68. The Morgan fingerprint density at radius 2 is 2.00 bits per heavy atom. The number of anilines is 1. The first kappa shape index (κ1) is 16.8. The maximum absolute atomic E-state index is 11.5. The molecule has 110 valence electrons. The van der Waals surface area contributed by atoms with Gasteiger partial charge in [0.2, 0.25) is 15.9 Å². The predicted molar refractivity (Wildman–Crippen MR) is 76.4 cm³/mol. The van der Waals surface area contributed by atoms with E-state index < -0.39 is 21.9 Å². The fourth-order valence-electron chi connectivity index (χ4n) is 1.24. The summed E-state index contributed by atoms with van der Waals surface area (Å²) < 4.78 is 22.3. The van der Waals surface area contributed by atoms with E-state index in [4.69, 9.17) is 21.8 Å². The molecule has 1 amide bonds. The fourth-order valence-corrected chi connectivity index (χ4v) is 2.86. The summed E-state index contributed by atoms with van der Waals surface area (Å²) in [6.07, 6.45) is 0. The lowest BCUT2D eigenvalue weighted by atomic mass is 10.3. The Morgan fingerprint density at radius 1 is 1.35 bits per heavy atom. The number of nitrogens with two attached hydrogens (primary N) is 1. The van der Waals surface area contributed by atoms with E-state index in [9.17, 15) is 18.0 Å². The van der Waals surface area contributed by atoms with Gasteiger partial charge in [0, 0.05) is 5.69 Å². The maximum Gasteiger partial charge on any atom is 0.313 e. The van der Waals surface area contributed by atoms with Gasteiger partial charge in [-0.05, 0) is 18.2 Å². The van der Waals surface area contributed by atoms with Crippen LogP contribution in [-0.2, 0) is 19.6 Å². The molecule has 0 unspecified atom stereocenters. The number of amides is 1. The van der Waals surface area contributed by atoms with E-state index in [1.165, 1.54) is 18.2 Å². The summed E-state index contributed by atoms with van der Waals surface area (Å²) in [5, 5.41) is 15.7. The van der Waals surface area contributed by atoms with Gasteiger partial charge in [-0.1, -0.05) is 11.6 Å². The minimum absolute atomic E-state index is 0.0408. The van der Waals surface area contributed by atoms with Crippen molar-refractivity contribution in [3.05, 3.63) is 23.2 Å². The van der Waals surface area contributed by atoms with Crippen molar-refractivity contribution in [1.29, 1.82) is 0 Å². The molecule has 0 radical (unpaired) electrons. The normalized spacial score (nSPS) is 11.1. The quantitative estimate of drug-likeness (QED) is 0.702. The number of carboxylic acids is 1. The van der Waals surface area contributed by atoms with E-state index >= 15 is 0 Å². The first-order valence-electron chi connectivity index (χ1n) is 5.12. The van der Waals surface area contributed by atoms with Gasteiger partial charge in [-0.2, -0.15) is 0 Å². The lowest BCUT2D eigenvalue weighted by Gasteiger charge is -2.07. The number of halogens is 1. The third-order valence-electron chi connectivity index (χ3n) is 1.98. The van der Waals surface area contributed by atoms with Gasteiger partial charge in [-0.25, -0.2) is 13.6 Å². The van der Waals surface area contributed by atoms with E-state index in [2.05, 4.69) is 5.32 Å². The van der Waals surface area contributed by atoms with Gasteiger partial charge in [0.05, 0.1) is 16.5 Å². The van der Waals surface area contributed by atoms with Crippen LogP contribution in [0.25, 0.3) is 0 Å². The number of thioether (sulfide) groups is 1. The zero-order valence-corrected chi connectivity index (χ0v) is 12.4. The number of primary sulfonamides is 1. The molecule has 0 aliphatic rings. The predicted octanol–water partition coefficient (Wildman–Crippen LogP) is 0.744. The molecule has 0 spiro atoms. The number of hydrogen-bond donors (Lipinski definition) is 3. The highest BCUT2D eigenvalue weighted by Crippen LogP contribution is 2.24. The summed E-state index contributed by atoms with van der Waals surface area (Å²) in [6, 6.07) is 3.77. The van der Waals surface area contributed by atoms with Crippen molar-refractivity contribution in [2.75, 3.05) is 16.8 Å². The topological polar surface area (TPSA) is 127 Å². The smallest absolute Gasteiger partial charge is 0.313 e. The van der Waals surface area contributed by atoms with E-state index in [0.717, 1.165) is 11.8 Å². The molecule has 20 heavy (non-hydrogen) atoms. The number of carbonyl (C=O) groups excluding carboxylic acids is 1. The molecule has 10 heteroatoms. The van der Waals surface area contributed by atoms with Crippen molar-refractivity contribution in [3.8, 4) is 0 Å². The van der Waals surface area contributed by atoms with E-state index in [-0.39, 0.29) is 21.4 Å². The Kier molecular flexibility index (Phi) is 5.81. The highest BCUT2D eigenvalue weighted by atomic mass is 35.5. The lowest BCUT2D eigenvalue weighted by molar-refractivity contribution is -0.133. The molecule has 0 heterocycles. The second kappa shape index (κ2) is 6.93. The molecule has 0 aromatic heterocycles. The molecular weight excluding hydrogens is 328 g/mol. The number of aliphatic carboxylic acids is 1. The number of benzene rings is 1. The molecule has 1 aromatic rings. The van der Waals surface area contributed by atoms with Gasteiger partial charge >= 0.3 is 5.97 Å². The number of rotatable bonds is 6. The van der Waals surface area contributed by atoms with Crippen LogP contribution in [0.2, 0.25) is 5.02 Å². The molecule has 0 aliphatic heterocycles. The Hall–Kier alpha value is -1.29. The second-order valence-electron chi connectivity index (χ2n) is 3.62. The van der Waals surface area contributed by atoms with Gasteiger partial charge in [0.1, 0.15) is 4.90 Å². The van der Waals surface area contributed by atoms with Crippen LogP contribution in [-0.4, -0.2) is 36.9 Å². The fraction of sp³-hybridized carbons (Fsp3) is 0.200. The van der Waals surface area contributed by atoms with Crippen LogP contribution in [0.5, 0.6) is 0 Å². The van der Waals surface area contributed by atoms with Gasteiger partial charge in [0.15, 0.2) is 0 Å². The maximum atomic E-state index is 11.5. The highest BCUT2D eigenvalue weighted by Gasteiger charge is 2.13. The van der Waals surface area contributed by atoms with E-state index in [1.807, 2.05) is 0 Å². The number of nitrogens with one attached hydrogen (secondary N) is 1. The molecular formula is C10H11ClN2O5S2. The van der Waals surface area contributed by atoms with Crippen LogP contribution in [0.1, 0.15) is 0 Å². The average Bonchev–Trinajstić information content (AvgIpc) is 2.26. The monoisotopic (exact) mass is 338 g/mol. The first-order chi connectivity index (χ1) is 9.20. The van der Waals surface area contributed by atoms with Crippen LogP contribution in [0.15, 0.2) is 23.1 Å². The van der Waals surface area contributed by atoms with Crippen molar-refractivity contribution >= 4 is 50.9 Å². The SMILES string of the molecule is NS(=O)(=O)c1ccc(NC(=O)CSCC(=O)O)cc1Cl. The largest absolute Gasteiger partial charge is 0.481 e. The van der Waals surface area contributed by atoms with Crippen LogP contribution in [0.3, 0.4) is 0 Å². The van der Waals surface area contributed by atoms with Crippen molar-refractivity contribution in [1.82, 2.24) is 0 Å². The first-order valence-corrected chi connectivity index (χ1v) is 8.20. The average molecular weight is 339 g/mol. The molecule has 7 nitrogen and oxygen atoms in total. The lowest BCUT2D eigenvalue weighted by Crippen LogP contribution is -2.16. The van der Waals surface area contributed by atoms with Crippen LogP contribution >= 0.6 is 23.4 Å². The van der Waals surface area contributed by atoms with Gasteiger partial charge in [0.25, 0.3) is 0 Å². The van der Waals surface area contributed by atoms with Crippen LogP contribution in [0.4, 0.5) is 5.69 Å². The summed E-state index contributed by atoms with van der Waals surface area (Å²) in [7, 11) is -3.92. The zero-order valence-electron chi connectivity index (χ0n) is 10.00. The minimum atomic E-state index is -3.92. The molecule has 0 aliphatic carbocycles. The standard InChI is InChI=1S/C10H11ClN2O5S2/c11-7-3-6(1-2-8(7)20(12,17)18)13-9(14)4-19-5-10(15)16/h1-3H,4-5H2,(H,13,14)(H,15,16)(H2,12,17,18). The van der Waals surface area contributed by atoms with Crippen molar-refractivity contribution in [2.24, 2.45) is 5.14 Å². The number of sulfonamides is 1. The number of hydrogen-bond acceptors (Lipinski definition) is 5. The molecule has 0 saturated carbocycles. The van der Waals surface area contributed by atoms with E-state index in [1.54, 1.807) is 0 Å². The van der Waals surface area contributed by atoms with Gasteiger partial charge < -0.3 is 10.4 Å². The minimum Gasteiger partial charge on any atom is -0.481 e. The second-order valence-corrected chi connectivity index (χ2v) is 6.55. The Labute approximate surface area is 124 Å². The van der Waals surface area contributed by atoms with E-state index in [0.29, 0.717) is 5.69 Å². The molecule has 0 fully saturated rings. The Bertz CT molecular complexity index is 633. The molecule has 4 N–H and O–H groups in total. The van der Waals surface area contributed by atoms with Crippen molar-refractivity contribution in [2.45, 2.75) is 4.90 Å². The summed E-state index contributed by atoms with van der Waals surface area (Å²) in [5.41, 5.74) is 0.295. The third kappa shape index (κ3) is 5.37. The molecule has 0 saturated heterocycles. The molecule has 0 bridgehead atoms. The van der Waals surface area contributed by atoms with Crippen LogP contribution in [0, 0.1) is 0 Å². The summed E-state index contributed by atoms with van der Waals surface area (Å²) in [6.45, 7) is 0.